The highest BCUT2D eigenvalue weighted by atomic mass is 19.4. The Labute approximate surface area is 276 Å². The van der Waals surface area contributed by atoms with Crippen LogP contribution in [0.4, 0.5) is 18.9 Å². The van der Waals surface area contributed by atoms with Gasteiger partial charge in [-0.3, -0.25) is 19.7 Å². The number of ether oxygens (including phenoxy) is 3. The second-order valence-electron chi connectivity index (χ2n) is 13.2. The SMILES string of the molecule is CCOc1cc2c(c3c1OC(C)(C)C3)C(c1ccc(C(=O)OC)c(N(Cc3ccc4ccccc4n3)C(=O)C(F)(F)F)c1)=NC(C)(C)C2. The number of alkyl halides is 3. The summed E-state index contributed by atoms with van der Waals surface area (Å²) >= 11 is 0. The standard InChI is InChI=1S/C37H36F3N3O5/c1-7-47-29-17-23-18-35(2,3)42-31(30(23)26-19-36(4,5)48-32(26)29)22-13-15-25(33(44)46-6)28(16-22)43(34(45)37(38,39)40)20-24-14-12-21-10-8-9-11-27(21)41-24/h8-17H,7,18-20H2,1-6H3. The Kier molecular flexibility index (Phi) is 8.21. The molecule has 0 spiro atoms. The topological polar surface area (TPSA) is 90.3 Å². The molecule has 2 aliphatic rings. The first-order valence-electron chi connectivity index (χ1n) is 15.7. The molecule has 11 heteroatoms. The minimum Gasteiger partial charge on any atom is -0.490 e. The van der Waals surface area contributed by atoms with Crippen LogP contribution in [0.2, 0.25) is 0 Å². The second kappa shape index (κ2) is 11.9. The zero-order chi connectivity index (χ0) is 34.6. The summed E-state index contributed by atoms with van der Waals surface area (Å²) in [5, 5.41) is 0.788. The highest BCUT2D eigenvalue weighted by Gasteiger charge is 2.45. The predicted molar refractivity (Wildman–Crippen MR) is 176 cm³/mol. The van der Waals surface area contributed by atoms with Gasteiger partial charge in [0.2, 0.25) is 0 Å². The summed E-state index contributed by atoms with van der Waals surface area (Å²) in [5.41, 5.74) is 2.73. The number of benzene rings is 3. The smallest absolute Gasteiger partial charge is 0.471 e. The maximum absolute atomic E-state index is 14.3. The highest BCUT2D eigenvalue weighted by Crippen LogP contribution is 2.48. The van der Waals surface area contributed by atoms with E-state index in [4.69, 9.17) is 19.2 Å². The molecule has 3 heterocycles. The molecule has 0 unspecified atom stereocenters. The van der Waals surface area contributed by atoms with Gasteiger partial charge in [-0.1, -0.05) is 30.3 Å². The van der Waals surface area contributed by atoms with Gasteiger partial charge in [-0.2, -0.15) is 13.2 Å². The van der Waals surface area contributed by atoms with Crippen molar-refractivity contribution in [2.24, 2.45) is 4.99 Å². The average molecular weight is 660 g/mol. The fraction of sp³-hybridized carbons (Fsp3) is 0.351. The quantitative estimate of drug-likeness (QED) is 0.192. The van der Waals surface area contributed by atoms with Crippen LogP contribution >= 0.6 is 0 Å². The van der Waals surface area contributed by atoms with E-state index in [-0.39, 0.29) is 16.9 Å². The van der Waals surface area contributed by atoms with Gasteiger partial charge < -0.3 is 14.2 Å². The van der Waals surface area contributed by atoms with Gasteiger partial charge in [-0.05, 0) is 76.9 Å². The van der Waals surface area contributed by atoms with Crippen molar-refractivity contribution in [3.63, 3.8) is 0 Å². The number of para-hydroxylation sites is 1. The Morgan fingerprint density at radius 1 is 1.00 bits per heavy atom. The molecule has 0 aliphatic carbocycles. The van der Waals surface area contributed by atoms with E-state index < -0.39 is 35.7 Å². The lowest BCUT2D eigenvalue weighted by atomic mass is 9.80. The van der Waals surface area contributed by atoms with Crippen LogP contribution in [0.15, 0.2) is 65.7 Å². The number of amides is 1. The molecule has 8 nitrogen and oxygen atoms in total. The second-order valence-corrected chi connectivity index (χ2v) is 13.2. The maximum atomic E-state index is 14.3. The third-order valence-electron chi connectivity index (χ3n) is 8.41. The van der Waals surface area contributed by atoms with Gasteiger partial charge in [0.1, 0.15) is 5.60 Å². The molecule has 0 saturated carbocycles. The Hall–Kier alpha value is -4.93. The van der Waals surface area contributed by atoms with Gasteiger partial charge in [0, 0.05) is 28.5 Å². The number of hydrogen-bond donors (Lipinski definition) is 0. The molecule has 0 radical (unpaired) electrons. The number of pyridine rings is 1. The fourth-order valence-corrected chi connectivity index (χ4v) is 6.50. The molecule has 0 saturated heterocycles. The summed E-state index contributed by atoms with van der Waals surface area (Å²) in [5.74, 6) is -1.81. The van der Waals surface area contributed by atoms with Crippen LogP contribution in [-0.4, -0.2) is 53.6 Å². The van der Waals surface area contributed by atoms with Crippen LogP contribution in [0.25, 0.3) is 10.9 Å². The van der Waals surface area contributed by atoms with Gasteiger partial charge in [0.25, 0.3) is 0 Å². The van der Waals surface area contributed by atoms with Crippen LogP contribution in [0.5, 0.6) is 11.5 Å². The number of aromatic nitrogens is 1. The minimum atomic E-state index is -5.25. The van der Waals surface area contributed by atoms with E-state index in [2.05, 4.69) is 4.98 Å². The molecule has 6 rings (SSSR count). The van der Waals surface area contributed by atoms with E-state index in [0.717, 1.165) is 29.2 Å². The monoisotopic (exact) mass is 659 g/mol. The number of anilines is 1. The Bertz CT molecular complexity index is 1980. The average Bonchev–Trinajstić information content (AvgIpc) is 3.36. The van der Waals surface area contributed by atoms with E-state index in [9.17, 15) is 22.8 Å². The molecule has 0 N–H and O–H groups in total. The molecule has 1 amide bonds. The van der Waals surface area contributed by atoms with E-state index in [1.807, 2.05) is 52.8 Å². The zero-order valence-electron chi connectivity index (χ0n) is 27.6. The number of nitrogens with zero attached hydrogens (tertiary/aromatic N) is 3. The largest absolute Gasteiger partial charge is 0.490 e. The highest BCUT2D eigenvalue weighted by molar-refractivity contribution is 6.17. The normalized spacial score (nSPS) is 16.0. The van der Waals surface area contributed by atoms with Crippen LogP contribution in [0, 0.1) is 0 Å². The summed E-state index contributed by atoms with van der Waals surface area (Å²) in [6, 6.07) is 16.8. The first-order valence-corrected chi connectivity index (χ1v) is 15.7. The van der Waals surface area contributed by atoms with Crippen LogP contribution in [-0.2, 0) is 28.9 Å². The number of esters is 1. The summed E-state index contributed by atoms with van der Waals surface area (Å²) in [4.78, 5) is 36.4. The number of rotatable bonds is 7. The van der Waals surface area contributed by atoms with E-state index in [0.29, 0.717) is 52.6 Å². The molecule has 1 aromatic heterocycles. The van der Waals surface area contributed by atoms with Crippen molar-refractivity contribution in [2.45, 2.75) is 71.3 Å². The number of hydrogen-bond acceptors (Lipinski definition) is 7. The molecule has 0 bridgehead atoms. The van der Waals surface area contributed by atoms with Gasteiger partial charge >= 0.3 is 18.1 Å². The fourth-order valence-electron chi connectivity index (χ4n) is 6.50. The lowest BCUT2D eigenvalue weighted by molar-refractivity contribution is -0.170. The number of halogens is 3. The Morgan fingerprint density at radius 3 is 2.46 bits per heavy atom. The molecule has 4 aromatic rings. The zero-order valence-corrected chi connectivity index (χ0v) is 27.6. The van der Waals surface area contributed by atoms with Crippen molar-refractivity contribution >= 4 is 34.2 Å². The van der Waals surface area contributed by atoms with Crippen LogP contribution in [0.3, 0.4) is 0 Å². The lowest BCUT2D eigenvalue weighted by Crippen LogP contribution is -2.42. The van der Waals surface area contributed by atoms with Gasteiger partial charge in [-0.15, -0.1) is 0 Å². The molecule has 2 aliphatic heterocycles. The number of methoxy groups -OCH3 is 1. The number of aliphatic imine (C=N–C) groups is 1. The molecule has 0 atom stereocenters. The number of carbonyl (C=O) groups is 2. The Morgan fingerprint density at radius 2 is 1.75 bits per heavy atom. The van der Waals surface area contributed by atoms with Crippen molar-refractivity contribution in [2.75, 3.05) is 18.6 Å². The molecule has 250 valence electrons. The van der Waals surface area contributed by atoms with Crippen molar-refractivity contribution in [3.8, 4) is 11.5 Å². The molecular weight excluding hydrogens is 623 g/mol. The first kappa shape index (κ1) is 33.0. The number of carbonyl (C=O) groups excluding carboxylic acids is 2. The molecule has 3 aromatic carbocycles. The summed E-state index contributed by atoms with van der Waals surface area (Å²) in [6.45, 7) is 9.67. The molecule has 0 fully saturated rings. The number of fused-ring (bicyclic) bond motifs is 4. The van der Waals surface area contributed by atoms with Crippen molar-refractivity contribution in [1.29, 1.82) is 0 Å². The third kappa shape index (κ3) is 6.21. The van der Waals surface area contributed by atoms with Crippen molar-refractivity contribution in [3.05, 3.63) is 94.2 Å². The van der Waals surface area contributed by atoms with Gasteiger partial charge in [0.15, 0.2) is 11.5 Å². The predicted octanol–water partition coefficient (Wildman–Crippen LogP) is 7.40. The minimum absolute atomic E-state index is 0.203. The first-order chi connectivity index (χ1) is 22.6. The van der Waals surface area contributed by atoms with E-state index in [1.54, 1.807) is 30.3 Å². The van der Waals surface area contributed by atoms with Crippen molar-refractivity contribution < 1.29 is 37.0 Å². The molecule has 48 heavy (non-hydrogen) atoms. The lowest BCUT2D eigenvalue weighted by Gasteiger charge is -2.32. The summed E-state index contributed by atoms with van der Waals surface area (Å²) in [7, 11) is 1.13. The van der Waals surface area contributed by atoms with E-state index >= 15 is 0 Å². The van der Waals surface area contributed by atoms with Gasteiger partial charge in [0.05, 0.1) is 54.0 Å². The van der Waals surface area contributed by atoms with Gasteiger partial charge in [-0.25, -0.2) is 4.79 Å². The van der Waals surface area contributed by atoms with Crippen molar-refractivity contribution in [1.82, 2.24) is 4.98 Å². The molecular formula is C37H36F3N3O5. The maximum Gasteiger partial charge on any atom is 0.471 e. The Balaban J connectivity index is 1.56. The van der Waals surface area contributed by atoms with Crippen LogP contribution < -0.4 is 14.4 Å². The third-order valence-corrected chi connectivity index (χ3v) is 8.41. The van der Waals surface area contributed by atoms with E-state index in [1.165, 1.54) is 12.1 Å². The summed E-state index contributed by atoms with van der Waals surface area (Å²) < 4.78 is 60.1. The summed E-state index contributed by atoms with van der Waals surface area (Å²) in [6.07, 6.45) is -4.12. The van der Waals surface area contributed by atoms with Crippen LogP contribution in [0.1, 0.15) is 72.9 Å².